The Hall–Kier alpha value is -1.84. The lowest BCUT2D eigenvalue weighted by molar-refractivity contribution is -0.153. The SMILES string of the molecule is CN1CCC(C(=O)OCc2ccccc2)C1=O. The minimum Gasteiger partial charge on any atom is -0.460 e. The number of carbonyl (C=O) groups is 2. The molecule has 0 radical (unpaired) electrons. The van der Waals surface area contributed by atoms with Gasteiger partial charge in [-0.2, -0.15) is 0 Å². The topological polar surface area (TPSA) is 46.6 Å². The summed E-state index contributed by atoms with van der Waals surface area (Å²) in [5, 5.41) is 0. The van der Waals surface area contributed by atoms with Crippen LogP contribution < -0.4 is 0 Å². The van der Waals surface area contributed by atoms with Gasteiger partial charge in [-0.15, -0.1) is 0 Å². The summed E-state index contributed by atoms with van der Waals surface area (Å²) in [5.74, 6) is -1.16. The molecule has 90 valence electrons. The van der Waals surface area contributed by atoms with Gasteiger partial charge in [0.1, 0.15) is 12.5 Å². The Morgan fingerprint density at radius 1 is 1.41 bits per heavy atom. The fraction of sp³-hybridized carbons (Fsp3) is 0.385. The van der Waals surface area contributed by atoms with Crippen LogP contribution in [0.15, 0.2) is 30.3 Å². The Morgan fingerprint density at radius 2 is 2.12 bits per heavy atom. The molecule has 1 unspecified atom stereocenters. The quantitative estimate of drug-likeness (QED) is 0.582. The molecule has 1 saturated heterocycles. The van der Waals surface area contributed by atoms with E-state index in [0.717, 1.165) is 5.56 Å². The molecule has 1 amide bonds. The van der Waals surface area contributed by atoms with Gasteiger partial charge >= 0.3 is 5.97 Å². The zero-order valence-corrected chi connectivity index (χ0v) is 9.76. The van der Waals surface area contributed by atoms with Crippen LogP contribution in [-0.2, 0) is 20.9 Å². The van der Waals surface area contributed by atoms with Gasteiger partial charge in [0.05, 0.1) is 0 Å². The minimum atomic E-state index is -0.608. The molecule has 2 rings (SSSR count). The number of hydrogen-bond donors (Lipinski definition) is 0. The molecular formula is C13H15NO3. The highest BCUT2D eigenvalue weighted by Gasteiger charge is 2.36. The molecule has 1 heterocycles. The van der Waals surface area contributed by atoms with Gasteiger partial charge in [0.25, 0.3) is 0 Å². The summed E-state index contributed by atoms with van der Waals surface area (Å²) in [4.78, 5) is 24.9. The number of nitrogens with zero attached hydrogens (tertiary/aromatic N) is 1. The molecule has 1 atom stereocenters. The summed E-state index contributed by atoms with van der Waals surface area (Å²) in [5.41, 5.74) is 0.930. The highest BCUT2D eigenvalue weighted by atomic mass is 16.5. The predicted molar refractivity (Wildman–Crippen MR) is 62.0 cm³/mol. The van der Waals surface area contributed by atoms with Gasteiger partial charge in [0.15, 0.2) is 0 Å². The second-order valence-electron chi connectivity index (χ2n) is 4.19. The summed E-state index contributed by atoms with van der Waals surface area (Å²) in [6, 6.07) is 9.45. The fourth-order valence-corrected chi connectivity index (χ4v) is 1.87. The number of likely N-dealkylation sites (tertiary alicyclic amines) is 1. The average Bonchev–Trinajstić information content (AvgIpc) is 2.69. The molecule has 1 aromatic rings. The van der Waals surface area contributed by atoms with Gasteiger partial charge in [0, 0.05) is 13.6 Å². The molecule has 0 aliphatic carbocycles. The molecule has 0 saturated carbocycles. The minimum absolute atomic E-state index is 0.136. The second-order valence-corrected chi connectivity index (χ2v) is 4.19. The van der Waals surface area contributed by atoms with E-state index in [2.05, 4.69) is 0 Å². The maximum atomic E-state index is 11.7. The van der Waals surface area contributed by atoms with Crippen molar-refractivity contribution < 1.29 is 14.3 Å². The normalized spacial score (nSPS) is 19.5. The molecule has 0 bridgehead atoms. The maximum Gasteiger partial charge on any atom is 0.318 e. The maximum absolute atomic E-state index is 11.7. The van der Waals surface area contributed by atoms with Gasteiger partial charge in [-0.1, -0.05) is 30.3 Å². The van der Waals surface area contributed by atoms with Crippen molar-refractivity contribution in [2.75, 3.05) is 13.6 Å². The van der Waals surface area contributed by atoms with E-state index >= 15 is 0 Å². The van der Waals surface area contributed by atoms with Crippen LogP contribution in [0.1, 0.15) is 12.0 Å². The zero-order valence-electron chi connectivity index (χ0n) is 9.76. The highest BCUT2D eigenvalue weighted by molar-refractivity contribution is 5.99. The molecular weight excluding hydrogens is 218 g/mol. The Morgan fingerprint density at radius 3 is 2.71 bits per heavy atom. The first-order valence-corrected chi connectivity index (χ1v) is 5.64. The van der Waals surface area contributed by atoms with Crippen molar-refractivity contribution in [3.05, 3.63) is 35.9 Å². The fourth-order valence-electron chi connectivity index (χ4n) is 1.87. The molecule has 17 heavy (non-hydrogen) atoms. The molecule has 4 nitrogen and oxygen atoms in total. The summed E-state index contributed by atoms with van der Waals surface area (Å²) < 4.78 is 5.14. The van der Waals surface area contributed by atoms with E-state index in [1.54, 1.807) is 11.9 Å². The summed E-state index contributed by atoms with van der Waals surface area (Å²) in [6.45, 7) is 0.858. The van der Waals surface area contributed by atoms with Crippen molar-refractivity contribution in [3.63, 3.8) is 0 Å². The van der Waals surface area contributed by atoms with Crippen molar-refractivity contribution >= 4 is 11.9 Å². The summed E-state index contributed by atoms with van der Waals surface area (Å²) in [6.07, 6.45) is 0.558. The summed E-state index contributed by atoms with van der Waals surface area (Å²) >= 11 is 0. The third-order valence-electron chi connectivity index (χ3n) is 2.94. The number of amides is 1. The van der Waals surface area contributed by atoms with E-state index in [0.29, 0.717) is 13.0 Å². The Labute approximate surface area is 100 Å². The van der Waals surface area contributed by atoms with Gasteiger partial charge < -0.3 is 9.64 Å². The molecule has 0 aromatic heterocycles. The first-order valence-electron chi connectivity index (χ1n) is 5.64. The molecule has 0 N–H and O–H groups in total. The number of rotatable bonds is 3. The van der Waals surface area contributed by atoms with Crippen LogP contribution in [0.3, 0.4) is 0 Å². The molecule has 0 spiro atoms. The number of esters is 1. The Kier molecular flexibility index (Phi) is 3.42. The number of ether oxygens (including phenoxy) is 1. The van der Waals surface area contributed by atoms with Crippen molar-refractivity contribution in [1.82, 2.24) is 4.90 Å². The van der Waals surface area contributed by atoms with Gasteiger partial charge in [-0.05, 0) is 12.0 Å². The van der Waals surface area contributed by atoms with E-state index in [9.17, 15) is 9.59 Å². The van der Waals surface area contributed by atoms with Crippen molar-refractivity contribution in [2.24, 2.45) is 5.92 Å². The third kappa shape index (κ3) is 2.64. The first-order chi connectivity index (χ1) is 8.18. The van der Waals surface area contributed by atoms with E-state index in [1.807, 2.05) is 30.3 Å². The standard InChI is InChI=1S/C13H15NO3/c1-14-8-7-11(12(14)15)13(16)17-9-10-5-3-2-4-6-10/h2-6,11H,7-9H2,1H3. The van der Waals surface area contributed by atoms with Crippen molar-refractivity contribution in [2.45, 2.75) is 13.0 Å². The van der Waals surface area contributed by atoms with Gasteiger partial charge in [-0.25, -0.2) is 0 Å². The van der Waals surface area contributed by atoms with E-state index in [4.69, 9.17) is 4.74 Å². The van der Waals surface area contributed by atoms with Crippen molar-refractivity contribution in [1.29, 1.82) is 0 Å². The number of carbonyl (C=O) groups excluding carboxylic acids is 2. The monoisotopic (exact) mass is 233 g/mol. The Bertz CT molecular complexity index is 416. The Balaban J connectivity index is 1.88. The van der Waals surface area contributed by atoms with Gasteiger partial charge in [-0.3, -0.25) is 9.59 Å². The van der Waals surface area contributed by atoms with E-state index in [-0.39, 0.29) is 12.5 Å². The largest absolute Gasteiger partial charge is 0.460 e. The van der Waals surface area contributed by atoms with Crippen LogP contribution in [0.4, 0.5) is 0 Å². The van der Waals surface area contributed by atoms with E-state index in [1.165, 1.54) is 0 Å². The van der Waals surface area contributed by atoms with Crippen LogP contribution in [0.5, 0.6) is 0 Å². The summed E-state index contributed by atoms with van der Waals surface area (Å²) in [7, 11) is 1.70. The van der Waals surface area contributed by atoms with Gasteiger partial charge in [0.2, 0.25) is 5.91 Å². The van der Waals surface area contributed by atoms with Crippen LogP contribution in [0.25, 0.3) is 0 Å². The zero-order chi connectivity index (χ0) is 12.3. The van der Waals surface area contributed by atoms with Crippen LogP contribution in [0.2, 0.25) is 0 Å². The lowest BCUT2D eigenvalue weighted by Gasteiger charge is -2.10. The molecule has 1 fully saturated rings. The third-order valence-corrected chi connectivity index (χ3v) is 2.94. The van der Waals surface area contributed by atoms with Crippen LogP contribution in [-0.4, -0.2) is 30.4 Å². The van der Waals surface area contributed by atoms with Crippen molar-refractivity contribution in [3.8, 4) is 0 Å². The smallest absolute Gasteiger partial charge is 0.318 e. The highest BCUT2D eigenvalue weighted by Crippen LogP contribution is 2.18. The first kappa shape index (κ1) is 11.6. The predicted octanol–water partition coefficient (Wildman–Crippen LogP) is 1.21. The molecule has 4 heteroatoms. The number of hydrogen-bond acceptors (Lipinski definition) is 3. The number of benzene rings is 1. The van der Waals surface area contributed by atoms with Crippen LogP contribution >= 0.6 is 0 Å². The van der Waals surface area contributed by atoms with Crippen LogP contribution in [0, 0.1) is 5.92 Å². The average molecular weight is 233 g/mol. The molecule has 1 aliphatic heterocycles. The lowest BCUT2D eigenvalue weighted by atomic mass is 10.1. The molecule has 1 aromatic carbocycles. The second kappa shape index (κ2) is 4.99. The van der Waals surface area contributed by atoms with E-state index < -0.39 is 11.9 Å². The lowest BCUT2D eigenvalue weighted by Crippen LogP contribution is -2.28. The molecule has 1 aliphatic rings.